The first-order valence-corrected chi connectivity index (χ1v) is 6.75. The molecule has 1 nitrogen and oxygen atoms in total. The first-order valence-electron chi connectivity index (χ1n) is 4.95. The summed E-state index contributed by atoms with van der Waals surface area (Å²) in [5, 5.41) is 2.00. The van der Waals surface area contributed by atoms with E-state index in [1.807, 2.05) is 16.3 Å². The number of fused-ring (bicyclic) bond motifs is 1. The molecule has 1 aliphatic rings. The van der Waals surface area contributed by atoms with Gasteiger partial charge in [0.1, 0.15) is 4.83 Å². The topological polar surface area (TPSA) is 3.24 Å². The second-order valence-corrected chi connectivity index (χ2v) is 5.97. The summed E-state index contributed by atoms with van der Waals surface area (Å²) in [6.45, 7) is 1.38. The van der Waals surface area contributed by atoms with Gasteiger partial charge in [-0.1, -0.05) is 15.9 Å². The fourth-order valence-corrected chi connectivity index (χ4v) is 3.09. The van der Waals surface area contributed by atoms with Gasteiger partial charge in [0.15, 0.2) is 0 Å². The zero-order valence-corrected chi connectivity index (χ0v) is 10.8. The Balaban J connectivity index is 1.95. The predicted molar refractivity (Wildman–Crippen MR) is 62.1 cm³/mol. The molecule has 0 saturated carbocycles. The van der Waals surface area contributed by atoms with Crippen molar-refractivity contribution in [1.29, 1.82) is 0 Å². The SMILES string of the molecule is FC(F)(F)C(Br)CN1CCc2sccc2C1. The molecule has 2 rings (SSSR count). The largest absolute Gasteiger partial charge is 0.402 e. The highest BCUT2D eigenvalue weighted by atomic mass is 79.9. The van der Waals surface area contributed by atoms with E-state index >= 15 is 0 Å². The smallest absolute Gasteiger partial charge is 0.297 e. The number of rotatable bonds is 2. The van der Waals surface area contributed by atoms with E-state index < -0.39 is 11.0 Å². The van der Waals surface area contributed by atoms with Crippen LogP contribution in [0.1, 0.15) is 10.4 Å². The summed E-state index contributed by atoms with van der Waals surface area (Å²) >= 11 is 4.39. The molecule has 1 aromatic rings. The molecular weight excluding hydrogens is 303 g/mol. The molecule has 0 N–H and O–H groups in total. The third-order valence-corrected chi connectivity index (χ3v) is 4.49. The highest BCUT2D eigenvalue weighted by Crippen LogP contribution is 2.29. The Labute approximate surface area is 104 Å². The van der Waals surface area contributed by atoms with Crippen molar-refractivity contribution in [1.82, 2.24) is 4.90 Å². The molecule has 1 unspecified atom stereocenters. The van der Waals surface area contributed by atoms with Gasteiger partial charge in [0.25, 0.3) is 0 Å². The van der Waals surface area contributed by atoms with Crippen molar-refractivity contribution >= 4 is 27.3 Å². The first-order chi connectivity index (χ1) is 7.47. The van der Waals surface area contributed by atoms with Gasteiger partial charge in [-0.3, -0.25) is 4.90 Å². The summed E-state index contributed by atoms with van der Waals surface area (Å²) in [7, 11) is 0. The van der Waals surface area contributed by atoms with Crippen molar-refractivity contribution in [3.63, 3.8) is 0 Å². The molecule has 16 heavy (non-hydrogen) atoms. The van der Waals surface area contributed by atoms with Crippen molar-refractivity contribution in [2.75, 3.05) is 13.1 Å². The minimum Gasteiger partial charge on any atom is -0.297 e. The van der Waals surface area contributed by atoms with Gasteiger partial charge in [-0.15, -0.1) is 11.3 Å². The van der Waals surface area contributed by atoms with E-state index in [1.165, 1.54) is 10.4 Å². The van der Waals surface area contributed by atoms with E-state index in [2.05, 4.69) is 15.9 Å². The highest BCUT2D eigenvalue weighted by Gasteiger charge is 2.38. The number of hydrogen-bond donors (Lipinski definition) is 0. The van der Waals surface area contributed by atoms with E-state index in [0.29, 0.717) is 13.1 Å². The van der Waals surface area contributed by atoms with Gasteiger partial charge >= 0.3 is 6.18 Å². The number of thiophene rings is 1. The Bertz CT molecular complexity index is 363. The zero-order chi connectivity index (χ0) is 11.8. The standard InChI is InChI=1S/C10H11BrF3NS/c11-9(10(12,13)14)6-15-3-1-8-7(5-15)2-4-16-8/h2,4,9H,1,3,5-6H2. The van der Waals surface area contributed by atoms with Crippen molar-refractivity contribution in [2.24, 2.45) is 0 Å². The maximum Gasteiger partial charge on any atom is 0.402 e. The van der Waals surface area contributed by atoms with Gasteiger partial charge < -0.3 is 0 Å². The lowest BCUT2D eigenvalue weighted by Gasteiger charge is -2.29. The Morgan fingerprint density at radius 1 is 1.50 bits per heavy atom. The summed E-state index contributed by atoms with van der Waals surface area (Å²) in [6.07, 6.45) is -3.29. The molecule has 1 aromatic heterocycles. The van der Waals surface area contributed by atoms with E-state index in [9.17, 15) is 13.2 Å². The third kappa shape index (κ3) is 2.78. The Morgan fingerprint density at radius 3 is 2.94 bits per heavy atom. The molecule has 1 atom stereocenters. The first kappa shape index (κ1) is 12.4. The van der Waals surface area contributed by atoms with Gasteiger partial charge in [0, 0.05) is 24.5 Å². The molecule has 1 aliphatic heterocycles. The summed E-state index contributed by atoms with van der Waals surface area (Å²) in [5.74, 6) is 0. The van der Waals surface area contributed by atoms with Crippen LogP contribution in [0.15, 0.2) is 11.4 Å². The second-order valence-electron chi connectivity index (χ2n) is 3.86. The van der Waals surface area contributed by atoms with Crippen molar-refractivity contribution in [3.8, 4) is 0 Å². The highest BCUT2D eigenvalue weighted by molar-refractivity contribution is 9.09. The molecule has 0 aromatic carbocycles. The molecule has 0 bridgehead atoms. The Hall–Kier alpha value is -0.0700. The average Bonchev–Trinajstić information content (AvgIpc) is 2.63. The van der Waals surface area contributed by atoms with Crippen LogP contribution < -0.4 is 0 Å². The molecule has 0 saturated heterocycles. The molecule has 0 fully saturated rings. The second kappa shape index (κ2) is 4.66. The Morgan fingerprint density at radius 2 is 2.25 bits per heavy atom. The van der Waals surface area contributed by atoms with Crippen LogP contribution in [0.5, 0.6) is 0 Å². The minimum absolute atomic E-state index is 0.0266. The lowest BCUT2D eigenvalue weighted by Crippen LogP contribution is -2.39. The number of halogens is 4. The van der Waals surface area contributed by atoms with Gasteiger partial charge in [-0.05, 0) is 23.4 Å². The molecule has 2 heterocycles. The quantitative estimate of drug-likeness (QED) is 0.756. The van der Waals surface area contributed by atoms with Crippen LogP contribution >= 0.6 is 27.3 Å². The number of hydrogen-bond acceptors (Lipinski definition) is 2. The lowest BCUT2D eigenvalue weighted by molar-refractivity contribution is -0.130. The van der Waals surface area contributed by atoms with Crippen LogP contribution in [0.25, 0.3) is 0 Å². The van der Waals surface area contributed by atoms with E-state index in [4.69, 9.17) is 0 Å². The molecule has 0 aliphatic carbocycles. The maximum absolute atomic E-state index is 12.4. The zero-order valence-electron chi connectivity index (χ0n) is 8.43. The summed E-state index contributed by atoms with van der Waals surface area (Å²) in [6, 6.07) is 2.00. The fraction of sp³-hybridized carbons (Fsp3) is 0.600. The lowest BCUT2D eigenvalue weighted by atomic mass is 10.1. The van der Waals surface area contributed by atoms with Crippen LogP contribution in [0.3, 0.4) is 0 Å². The van der Waals surface area contributed by atoms with Crippen molar-refractivity contribution < 1.29 is 13.2 Å². The average molecular weight is 314 g/mol. The molecule has 0 radical (unpaired) electrons. The Kier molecular flexibility index (Phi) is 3.61. The fourth-order valence-electron chi connectivity index (χ4n) is 1.79. The van der Waals surface area contributed by atoms with Crippen LogP contribution in [-0.2, 0) is 13.0 Å². The van der Waals surface area contributed by atoms with Crippen molar-refractivity contribution in [3.05, 3.63) is 21.9 Å². The predicted octanol–water partition coefficient (Wildman–Crippen LogP) is 3.43. The molecule has 0 amide bonds. The van der Waals surface area contributed by atoms with Crippen LogP contribution in [-0.4, -0.2) is 29.0 Å². The van der Waals surface area contributed by atoms with Gasteiger partial charge in [-0.2, -0.15) is 13.2 Å². The van der Waals surface area contributed by atoms with Crippen LogP contribution in [0, 0.1) is 0 Å². The maximum atomic E-state index is 12.4. The molecule has 90 valence electrons. The van der Waals surface area contributed by atoms with Gasteiger partial charge in [-0.25, -0.2) is 0 Å². The summed E-state index contributed by atoms with van der Waals surface area (Å²) in [5.41, 5.74) is 1.18. The summed E-state index contributed by atoms with van der Waals surface area (Å²) < 4.78 is 37.1. The normalized spacial score (nSPS) is 19.5. The monoisotopic (exact) mass is 313 g/mol. The number of nitrogens with zero attached hydrogens (tertiary/aromatic N) is 1. The van der Waals surface area contributed by atoms with Gasteiger partial charge in [0.05, 0.1) is 0 Å². The van der Waals surface area contributed by atoms with E-state index in [-0.39, 0.29) is 6.54 Å². The third-order valence-electron chi connectivity index (χ3n) is 2.66. The molecule has 0 spiro atoms. The molecular formula is C10H11BrF3NS. The van der Waals surface area contributed by atoms with Gasteiger partial charge in [0.2, 0.25) is 0 Å². The summed E-state index contributed by atoms with van der Waals surface area (Å²) in [4.78, 5) is 1.73. The van der Waals surface area contributed by atoms with Crippen molar-refractivity contribution in [2.45, 2.75) is 24.0 Å². The number of alkyl halides is 4. The van der Waals surface area contributed by atoms with E-state index in [1.54, 1.807) is 11.3 Å². The molecule has 6 heteroatoms. The van der Waals surface area contributed by atoms with Crippen LogP contribution in [0.4, 0.5) is 13.2 Å². The van der Waals surface area contributed by atoms with Crippen LogP contribution in [0.2, 0.25) is 0 Å². The van der Waals surface area contributed by atoms with E-state index in [0.717, 1.165) is 6.42 Å². The minimum atomic E-state index is -4.16.